The Kier molecular flexibility index (Phi) is 2.73. The average molecular weight is 364 g/mol. The van der Waals surface area contributed by atoms with Crippen molar-refractivity contribution in [3.63, 3.8) is 0 Å². The van der Waals surface area contributed by atoms with Crippen molar-refractivity contribution >= 4 is 45.2 Å². The van der Waals surface area contributed by atoms with E-state index in [4.69, 9.17) is 5.11 Å². The number of halogens is 3. The topological polar surface area (TPSA) is 20.2 Å². The summed E-state index contributed by atoms with van der Waals surface area (Å²) in [5, 5.41) is 9.05. The molecule has 4 heteroatoms. The zero-order chi connectivity index (χ0) is 7.72. The third-order valence-electron chi connectivity index (χ3n) is 0.990. The van der Waals surface area contributed by atoms with Crippen LogP contribution in [0.25, 0.3) is 0 Å². The number of hydrogen-bond acceptors (Lipinski definition) is 1. The molecule has 0 amide bonds. The van der Waals surface area contributed by atoms with Crippen LogP contribution in [0.3, 0.4) is 0 Å². The summed E-state index contributed by atoms with van der Waals surface area (Å²) in [6, 6.07) is 2.70. The third kappa shape index (κ3) is 1.71. The van der Waals surface area contributed by atoms with E-state index in [1.54, 1.807) is 0 Å². The van der Waals surface area contributed by atoms with Gasteiger partial charge < -0.3 is 5.11 Å². The molecule has 1 aromatic carbocycles. The summed E-state index contributed by atoms with van der Waals surface area (Å²) in [5.74, 6) is -0.158. The fraction of sp³-hybridized carbons (Fsp3) is 0. The Labute approximate surface area is 84.9 Å². The summed E-state index contributed by atoms with van der Waals surface area (Å²) >= 11 is 3.70. The van der Waals surface area contributed by atoms with Crippen LogP contribution in [-0.2, 0) is 0 Å². The van der Waals surface area contributed by atoms with Gasteiger partial charge in [-0.2, -0.15) is 0 Å². The highest BCUT2D eigenvalue weighted by atomic mass is 127. The van der Waals surface area contributed by atoms with Crippen molar-refractivity contribution in [1.29, 1.82) is 0 Å². The fourth-order valence-corrected chi connectivity index (χ4v) is 1.39. The highest BCUT2D eigenvalue weighted by Gasteiger charge is 2.03. The van der Waals surface area contributed by atoms with Gasteiger partial charge in [0.2, 0.25) is 0 Å². The number of aromatic hydroxyl groups is 1. The van der Waals surface area contributed by atoms with E-state index in [1.807, 2.05) is 45.2 Å². The Balaban J connectivity index is 3.28. The van der Waals surface area contributed by atoms with E-state index >= 15 is 0 Å². The van der Waals surface area contributed by atoms with E-state index in [9.17, 15) is 4.39 Å². The van der Waals surface area contributed by atoms with Crippen molar-refractivity contribution in [2.24, 2.45) is 0 Å². The molecule has 0 fully saturated rings. The van der Waals surface area contributed by atoms with E-state index in [0.29, 0.717) is 7.14 Å². The summed E-state index contributed by atoms with van der Waals surface area (Å²) in [6.45, 7) is 0. The normalized spacial score (nSPS) is 9.90. The molecule has 0 spiro atoms. The van der Waals surface area contributed by atoms with Crippen LogP contribution in [0.15, 0.2) is 12.1 Å². The van der Waals surface area contributed by atoms with E-state index in [-0.39, 0.29) is 11.6 Å². The van der Waals surface area contributed by atoms with Gasteiger partial charge in [0.15, 0.2) is 0 Å². The number of hydrogen-bond donors (Lipinski definition) is 1. The average Bonchev–Trinajstić information content (AvgIpc) is 1.84. The first-order valence-electron chi connectivity index (χ1n) is 2.45. The molecular formula is C6H3FI2O. The number of rotatable bonds is 0. The molecule has 1 N–H and O–H groups in total. The molecule has 0 saturated carbocycles. The van der Waals surface area contributed by atoms with Gasteiger partial charge in [-0.3, -0.25) is 0 Å². The Morgan fingerprint density at radius 3 is 2.30 bits per heavy atom. The minimum absolute atomic E-state index is 0.131. The van der Waals surface area contributed by atoms with Crippen LogP contribution in [-0.4, -0.2) is 5.11 Å². The molecule has 1 nitrogen and oxygen atoms in total. The maximum absolute atomic E-state index is 12.6. The number of phenolic OH excluding ortho intramolecular Hbond substituents is 1. The summed E-state index contributed by atoms with van der Waals surface area (Å²) in [7, 11) is 0. The van der Waals surface area contributed by atoms with Gasteiger partial charge >= 0.3 is 0 Å². The van der Waals surface area contributed by atoms with Crippen LogP contribution in [0.4, 0.5) is 4.39 Å². The predicted octanol–water partition coefficient (Wildman–Crippen LogP) is 2.74. The van der Waals surface area contributed by atoms with E-state index in [2.05, 4.69) is 0 Å². The lowest BCUT2D eigenvalue weighted by atomic mass is 10.3. The first-order valence-corrected chi connectivity index (χ1v) is 4.60. The Bertz CT molecular complexity index is 212. The molecule has 1 rings (SSSR count). The van der Waals surface area contributed by atoms with Gasteiger partial charge in [-0.1, -0.05) is 0 Å². The van der Waals surface area contributed by atoms with Crippen LogP contribution in [0, 0.1) is 13.0 Å². The highest BCUT2D eigenvalue weighted by Crippen LogP contribution is 2.23. The molecule has 0 heterocycles. The fourth-order valence-electron chi connectivity index (χ4n) is 0.512. The SMILES string of the molecule is Oc1cc(I)c(F)cc1I. The summed E-state index contributed by atoms with van der Waals surface area (Å²) < 4.78 is 13.6. The molecule has 0 unspecified atom stereocenters. The van der Waals surface area contributed by atoms with Crippen molar-refractivity contribution in [3.05, 3.63) is 25.1 Å². The van der Waals surface area contributed by atoms with Crippen LogP contribution in [0.5, 0.6) is 5.75 Å². The van der Waals surface area contributed by atoms with Crippen molar-refractivity contribution < 1.29 is 9.50 Å². The Morgan fingerprint density at radius 2 is 1.80 bits per heavy atom. The monoisotopic (exact) mass is 364 g/mol. The molecule has 1 aromatic rings. The zero-order valence-corrected chi connectivity index (χ0v) is 9.05. The largest absolute Gasteiger partial charge is 0.507 e. The Hall–Kier alpha value is 0.410. The standard InChI is InChI=1S/C6H3FI2O/c7-3-1-5(9)6(10)2-4(3)8/h1-2,10H. The molecule has 0 bridgehead atoms. The molecule has 0 atom stereocenters. The van der Waals surface area contributed by atoms with Gasteiger partial charge in [-0.25, -0.2) is 4.39 Å². The highest BCUT2D eigenvalue weighted by molar-refractivity contribution is 14.1. The van der Waals surface area contributed by atoms with Crippen molar-refractivity contribution in [3.8, 4) is 5.75 Å². The van der Waals surface area contributed by atoms with Crippen LogP contribution >= 0.6 is 45.2 Å². The minimum Gasteiger partial charge on any atom is -0.507 e. The first-order chi connectivity index (χ1) is 4.61. The van der Waals surface area contributed by atoms with Crippen LogP contribution in [0.2, 0.25) is 0 Å². The summed E-state index contributed by atoms with van der Waals surface area (Å²) in [4.78, 5) is 0. The first kappa shape index (κ1) is 8.51. The Morgan fingerprint density at radius 1 is 1.20 bits per heavy atom. The van der Waals surface area contributed by atoms with Gasteiger partial charge in [0.1, 0.15) is 11.6 Å². The van der Waals surface area contributed by atoms with Gasteiger partial charge in [0, 0.05) is 0 Å². The molecule has 54 valence electrons. The van der Waals surface area contributed by atoms with E-state index in [1.165, 1.54) is 12.1 Å². The van der Waals surface area contributed by atoms with Gasteiger partial charge in [-0.05, 0) is 57.3 Å². The predicted molar refractivity (Wildman–Crippen MR) is 53.5 cm³/mol. The molecule has 0 radical (unpaired) electrons. The quantitative estimate of drug-likeness (QED) is 0.555. The molecular weight excluding hydrogens is 361 g/mol. The van der Waals surface area contributed by atoms with E-state index < -0.39 is 0 Å². The number of phenols is 1. The van der Waals surface area contributed by atoms with Crippen LogP contribution in [0.1, 0.15) is 0 Å². The molecule has 0 aliphatic carbocycles. The second kappa shape index (κ2) is 3.21. The lowest BCUT2D eigenvalue weighted by molar-refractivity contribution is 0.468. The second-order valence-electron chi connectivity index (χ2n) is 1.72. The zero-order valence-electron chi connectivity index (χ0n) is 4.74. The van der Waals surface area contributed by atoms with Crippen LogP contribution < -0.4 is 0 Å². The summed E-state index contributed by atoms with van der Waals surface area (Å²) in [5.41, 5.74) is 0. The van der Waals surface area contributed by atoms with E-state index in [0.717, 1.165) is 0 Å². The molecule has 0 saturated heterocycles. The van der Waals surface area contributed by atoms with Crippen molar-refractivity contribution in [1.82, 2.24) is 0 Å². The second-order valence-corrected chi connectivity index (χ2v) is 4.04. The van der Waals surface area contributed by atoms with Gasteiger partial charge in [-0.15, -0.1) is 0 Å². The van der Waals surface area contributed by atoms with Crippen molar-refractivity contribution in [2.45, 2.75) is 0 Å². The summed E-state index contributed by atoms with van der Waals surface area (Å²) in [6.07, 6.45) is 0. The molecule has 0 aromatic heterocycles. The number of benzene rings is 1. The minimum atomic E-state index is -0.289. The van der Waals surface area contributed by atoms with Gasteiger partial charge in [0.25, 0.3) is 0 Å². The lowest BCUT2D eigenvalue weighted by Crippen LogP contribution is -1.82. The van der Waals surface area contributed by atoms with Gasteiger partial charge in [0.05, 0.1) is 7.14 Å². The third-order valence-corrected chi connectivity index (χ3v) is 2.68. The molecule has 0 aliphatic heterocycles. The lowest BCUT2D eigenvalue weighted by Gasteiger charge is -1.97. The maximum atomic E-state index is 12.6. The maximum Gasteiger partial charge on any atom is 0.137 e. The van der Waals surface area contributed by atoms with Crippen molar-refractivity contribution in [2.75, 3.05) is 0 Å². The molecule has 0 aliphatic rings. The molecule has 10 heavy (non-hydrogen) atoms. The smallest absolute Gasteiger partial charge is 0.137 e.